The molecule has 1 N–H and O–H groups in total. The van der Waals surface area contributed by atoms with Crippen LogP contribution >= 0.6 is 0 Å². The van der Waals surface area contributed by atoms with E-state index in [2.05, 4.69) is 5.32 Å². The number of hydrogen-bond donors (Lipinski definition) is 1. The van der Waals surface area contributed by atoms with Crippen molar-refractivity contribution in [3.05, 3.63) is 42.5 Å². The maximum absolute atomic E-state index is 12.2. The van der Waals surface area contributed by atoms with Crippen molar-refractivity contribution in [2.75, 3.05) is 19.0 Å². The summed E-state index contributed by atoms with van der Waals surface area (Å²) in [5.41, 5.74) is 0.156. The van der Waals surface area contributed by atoms with Crippen LogP contribution in [-0.4, -0.2) is 19.6 Å². The van der Waals surface area contributed by atoms with Crippen LogP contribution in [0.25, 0.3) is 0 Å². The third-order valence-corrected chi connectivity index (χ3v) is 2.53. The smallest absolute Gasteiger partial charge is 0.236 e. The van der Waals surface area contributed by atoms with Crippen molar-refractivity contribution in [2.45, 2.75) is 13.8 Å². The Morgan fingerprint density at radius 3 is 2.59 bits per heavy atom. The quantitative estimate of drug-likeness (QED) is 0.794. The molecule has 0 bridgehead atoms. The van der Waals surface area contributed by atoms with E-state index in [1.807, 2.05) is 56.3 Å². The first kappa shape index (κ1) is 13.5. The lowest BCUT2D eigenvalue weighted by Crippen LogP contribution is -2.35. The van der Waals surface area contributed by atoms with Gasteiger partial charge in [-0.25, -0.2) is 0 Å². The molecule has 0 saturated heterocycles. The molecule has 1 unspecified atom stereocenters. The predicted octanol–water partition coefficient (Wildman–Crippen LogP) is 2.85. The van der Waals surface area contributed by atoms with Crippen LogP contribution in [-0.2, 0) is 9.53 Å². The summed E-state index contributed by atoms with van der Waals surface area (Å²) in [6, 6.07) is 9.41. The number of methoxy groups -OCH3 is 1. The standard InChI is InChI=1S/C14H19NO2/c1-4-10-14(2,11-17-3)13(16)15-12-8-6-5-7-9-12/h4-10H,11H2,1-3H3,(H,15,16). The second-order valence-electron chi connectivity index (χ2n) is 4.17. The van der Waals surface area contributed by atoms with Crippen molar-refractivity contribution >= 4 is 11.6 Å². The summed E-state index contributed by atoms with van der Waals surface area (Å²) in [7, 11) is 1.59. The Morgan fingerprint density at radius 2 is 2.06 bits per heavy atom. The van der Waals surface area contributed by atoms with Gasteiger partial charge in [0.15, 0.2) is 0 Å². The van der Waals surface area contributed by atoms with E-state index >= 15 is 0 Å². The Morgan fingerprint density at radius 1 is 1.41 bits per heavy atom. The minimum Gasteiger partial charge on any atom is -0.383 e. The molecule has 1 aromatic carbocycles. The molecule has 0 aliphatic carbocycles. The molecule has 1 amide bonds. The van der Waals surface area contributed by atoms with Crippen LogP contribution in [0.4, 0.5) is 5.69 Å². The van der Waals surface area contributed by atoms with Gasteiger partial charge in [-0.2, -0.15) is 0 Å². The Balaban J connectivity index is 2.79. The molecule has 3 heteroatoms. The number of nitrogens with one attached hydrogen (secondary N) is 1. The number of carbonyl (C=O) groups excluding carboxylic acids is 1. The van der Waals surface area contributed by atoms with Crippen molar-refractivity contribution in [3.63, 3.8) is 0 Å². The van der Waals surface area contributed by atoms with E-state index in [-0.39, 0.29) is 5.91 Å². The Labute approximate surface area is 102 Å². The average Bonchev–Trinajstić information content (AvgIpc) is 2.31. The number of benzene rings is 1. The van der Waals surface area contributed by atoms with Gasteiger partial charge in [-0.3, -0.25) is 4.79 Å². The van der Waals surface area contributed by atoms with Gasteiger partial charge >= 0.3 is 0 Å². The third kappa shape index (κ3) is 3.71. The number of anilines is 1. The van der Waals surface area contributed by atoms with E-state index in [4.69, 9.17) is 4.74 Å². The molecule has 0 saturated carbocycles. The molecule has 92 valence electrons. The highest BCUT2D eigenvalue weighted by Crippen LogP contribution is 2.21. The second kappa shape index (κ2) is 6.21. The van der Waals surface area contributed by atoms with Crippen molar-refractivity contribution in [1.82, 2.24) is 0 Å². The third-order valence-electron chi connectivity index (χ3n) is 2.53. The SMILES string of the molecule is CC=CC(C)(COC)C(=O)Nc1ccccc1. The summed E-state index contributed by atoms with van der Waals surface area (Å²) in [6.45, 7) is 4.11. The summed E-state index contributed by atoms with van der Waals surface area (Å²) in [4.78, 5) is 12.2. The first-order valence-electron chi connectivity index (χ1n) is 5.61. The zero-order valence-corrected chi connectivity index (χ0v) is 10.6. The minimum absolute atomic E-state index is 0.0661. The lowest BCUT2D eigenvalue weighted by atomic mass is 9.90. The average molecular weight is 233 g/mol. The molecule has 0 heterocycles. The van der Waals surface area contributed by atoms with E-state index in [1.165, 1.54) is 0 Å². The maximum atomic E-state index is 12.2. The molecule has 0 radical (unpaired) electrons. The van der Waals surface area contributed by atoms with E-state index in [0.717, 1.165) is 5.69 Å². The monoisotopic (exact) mass is 233 g/mol. The van der Waals surface area contributed by atoms with E-state index < -0.39 is 5.41 Å². The summed E-state index contributed by atoms with van der Waals surface area (Å²) >= 11 is 0. The molecular weight excluding hydrogens is 214 g/mol. The second-order valence-corrected chi connectivity index (χ2v) is 4.17. The van der Waals surface area contributed by atoms with E-state index in [1.54, 1.807) is 7.11 Å². The highest BCUT2D eigenvalue weighted by molar-refractivity contribution is 5.96. The lowest BCUT2D eigenvalue weighted by molar-refractivity contribution is -0.124. The number of allylic oxidation sites excluding steroid dienone is 1. The number of amides is 1. The predicted molar refractivity (Wildman–Crippen MR) is 69.9 cm³/mol. The summed E-state index contributed by atoms with van der Waals surface area (Å²) < 4.78 is 5.11. The molecular formula is C14H19NO2. The van der Waals surface area contributed by atoms with Gasteiger partial charge in [-0.15, -0.1) is 0 Å². The number of rotatable bonds is 5. The van der Waals surface area contributed by atoms with Crippen LogP contribution in [0.5, 0.6) is 0 Å². The molecule has 1 rings (SSSR count). The van der Waals surface area contributed by atoms with Gasteiger partial charge in [-0.1, -0.05) is 30.4 Å². The van der Waals surface area contributed by atoms with Crippen LogP contribution in [0, 0.1) is 5.41 Å². The molecule has 0 fully saturated rings. The fraction of sp³-hybridized carbons (Fsp3) is 0.357. The fourth-order valence-electron chi connectivity index (χ4n) is 1.65. The van der Waals surface area contributed by atoms with Gasteiger partial charge in [0.05, 0.1) is 12.0 Å². The van der Waals surface area contributed by atoms with Crippen molar-refractivity contribution in [3.8, 4) is 0 Å². The van der Waals surface area contributed by atoms with E-state index in [9.17, 15) is 4.79 Å². The first-order valence-corrected chi connectivity index (χ1v) is 5.61. The van der Waals surface area contributed by atoms with Gasteiger partial charge in [0.25, 0.3) is 0 Å². The zero-order valence-electron chi connectivity index (χ0n) is 10.6. The van der Waals surface area contributed by atoms with Gasteiger partial charge in [0.2, 0.25) is 5.91 Å². The highest BCUT2D eigenvalue weighted by Gasteiger charge is 2.30. The molecule has 0 spiro atoms. The number of carbonyl (C=O) groups is 1. The topological polar surface area (TPSA) is 38.3 Å². The fourth-order valence-corrected chi connectivity index (χ4v) is 1.65. The number of hydrogen-bond acceptors (Lipinski definition) is 2. The van der Waals surface area contributed by atoms with Crippen LogP contribution in [0.15, 0.2) is 42.5 Å². The van der Waals surface area contributed by atoms with Crippen LogP contribution in [0.1, 0.15) is 13.8 Å². The summed E-state index contributed by atoms with van der Waals surface area (Å²) in [5.74, 6) is -0.0661. The van der Waals surface area contributed by atoms with Crippen LogP contribution in [0.2, 0.25) is 0 Å². The van der Waals surface area contributed by atoms with Crippen molar-refractivity contribution in [2.24, 2.45) is 5.41 Å². The molecule has 0 aliphatic rings. The molecule has 0 aliphatic heterocycles. The van der Waals surface area contributed by atoms with Gasteiger partial charge in [0.1, 0.15) is 0 Å². The molecule has 0 aromatic heterocycles. The normalized spacial score (nSPS) is 14.5. The van der Waals surface area contributed by atoms with E-state index in [0.29, 0.717) is 6.61 Å². The number of ether oxygens (including phenoxy) is 1. The Kier molecular flexibility index (Phi) is 4.91. The van der Waals surface area contributed by atoms with Gasteiger partial charge in [0, 0.05) is 12.8 Å². The Hall–Kier alpha value is -1.61. The maximum Gasteiger partial charge on any atom is 0.236 e. The minimum atomic E-state index is -0.640. The van der Waals surface area contributed by atoms with Crippen molar-refractivity contribution < 1.29 is 9.53 Å². The van der Waals surface area contributed by atoms with Gasteiger partial charge in [-0.05, 0) is 26.0 Å². The zero-order chi connectivity index (χ0) is 12.7. The summed E-state index contributed by atoms with van der Waals surface area (Å²) in [5, 5.41) is 2.88. The summed E-state index contributed by atoms with van der Waals surface area (Å²) in [6.07, 6.45) is 3.72. The lowest BCUT2D eigenvalue weighted by Gasteiger charge is -2.23. The molecule has 17 heavy (non-hydrogen) atoms. The molecule has 3 nitrogen and oxygen atoms in total. The Bertz CT molecular complexity index is 386. The van der Waals surface area contributed by atoms with Gasteiger partial charge < -0.3 is 10.1 Å². The van der Waals surface area contributed by atoms with Crippen molar-refractivity contribution in [1.29, 1.82) is 0 Å². The molecule has 1 aromatic rings. The number of para-hydroxylation sites is 1. The highest BCUT2D eigenvalue weighted by atomic mass is 16.5. The first-order chi connectivity index (χ1) is 8.12. The van der Waals surface area contributed by atoms with Crippen LogP contribution < -0.4 is 5.32 Å². The molecule has 1 atom stereocenters. The largest absolute Gasteiger partial charge is 0.383 e. The van der Waals surface area contributed by atoms with Crippen LogP contribution in [0.3, 0.4) is 0 Å².